The molecular weight excluding hydrogens is 418 g/mol. The van der Waals surface area contributed by atoms with Crippen molar-refractivity contribution in [3.8, 4) is 5.75 Å². The van der Waals surface area contributed by atoms with Gasteiger partial charge in [-0.2, -0.15) is 0 Å². The maximum absolute atomic E-state index is 14.9. The number of hydrogen-bond acceptors (Lipinski definition) is 4. The predicted molar refractivity (Wildman–Crippen MR) is 104 cm³/mol. The Bertz CT molecular complexity index is 1200. The number of ether oxygens (including phenoxy) is 1. The van der Waals surface area contributed by atoms with Gasteiger partial charge in [0.05, 0.1) is 18.0 Å². The molecule has 5 nitrogen and oxygen atoms in total. The second kappa shape index (κ2) is 8.41. The molecule has 1 atom stereocenters. The van der Waals surface area contributed by atoms with Gasteiger partial charge in [-0.1, -0.05) is 6.92 Å². The van der Waals surface area contributed by atoms with Gasteiger partial charge >= 0.3 is 5.97 Å². The fourth-order valence-electron chi connectivity index (χ4n) is 3.51. The van der Waals surface area contributed by atoms with Gasteiger partial charge in [-0.3, -0.25) is 14.2 Å². The molecule has 0 aliphatic heterocycles. The van der Waals surface area contributed by atoms with E-state index >= 15 is 0 Å². The smallest absolute Gasteiger partial charge is 0.313 e. The number of carbonyl (C=O) groups is 2. The van der Waals surface area contributed by atoms with Gasteiger partial charge in [-0.05, 0) is 44.0 Å². The monoisotopic (exact) mass is 437 g/mol. The van der Waals surface area contributed by atoms with E-state index in [1.807, 2.05) is 0 Å². The lowest BCUT2D eigenvalue weighted by molar-refractivity contribution is -0.145. The highest BCUT2D eigenvalue weighted by Crippen LogP contribution is 2.39. The third-order valence-electron chi connectivity index (χ3n) is 5.01. The van der Waals surface area contributed by atoms with E-state index in [1.54, 1.807) is 6.92 Å². The number of phenolic OH excluding ortho intramolecular Hbond substituents is 1. The molecule has 0 saturated carbocycles. The van der Waals surface area contributed by atoms with Crippen molar-refractivity contribution in [3.05, 3.63) is 64.4 Å². The van der Waals surface area contributed by atoms with Crippen LogP contribution >= 0.6 is 0 Å². The number of phenols is 1. The summed E-state index contributed by atoms with van der Waals surface area (Å²) >= 11 is 0. The molecule has 2 aromatic carbocycles. The van der Waals surface area contributed by atoms with Gasteiger partial charge in [0, 0.05) is 22.7 Å². The molecule has 1 heterocycles. The molecule has 3 rings (SSSR count). The summed E-state index contributed by atoms with van der Waals surface area (Å²) in [4.78, 5) is 25.5. The molecular formula is C22H19F4NO4. The van der Waals surface area contributed by atoms with Crippen molar-refractivity contribution in [1.82, 2.24) is 4.57 Å². The number of benzene rings is 2. The van der Waals surface area contributed by atoms with E-state index in [9.17, 15) is 32.3 Å². The van der Waals surface area contributed by atoms with Crippen molar-refractivity contribution in [3.63, 3.8) is 0 Å². The Kier molecular flexibility index (Phi) is 6.06. The third kappa shape index (κ3) is 3.75. The Balaban J connectivity index is 2.29. The number of fused-ring (bicyclic) bond motifs is 1. The zero-order valence-electron chi connectivity index (χ0n) is 16.9. The summed E-state index contributed by atoms with van der Waals surface area (Å²) < 4.78 is 62.0. The number of halogens is 4. The van der Waals surface area contributed by atoms with Crippen LogP contribution in [0.3, 0.4) is 0 Å². The first kappa shape index (κ1) is 22.3. The van der Waals surface area contributed by atoms with Gasteiger partial charge in [0.2, 0.25) is 0 Å². The summed E-state index contributed by atoms with van der Waals surface area (Å²) in [5, 5.41) is 9.42. The van der Waals surface area contributed by atoms with E-state index in [-0.39, 0.29) is 34.3 Å². The Morgan fingerprint density at radius 2 is 1.77 bits per heavy atom. The SMILES string of the molecule is CCCOC(=O)[C@H](C)c1c(C)n(C(=O)c2ccc(F)c(F)c2)c2cc(F)c(O)c(F)c12. The molecule has 0 aliphatic rings. The molecule has 0 bridgehead atoms. The number of aromatic hydroxyl groups is 1. The van der Waals surface area contributed by atoms with Crippen molar-refractivity contribution < 1.29 is 37.0 Å². The highest BCUT2D eigenvalue weighted by atomic mass is 19.2. The lowest BCUT2D eigenvalue weighted by Gasteiger charge is -2.13. The molecule has 164 valence electrons. The van der Waals surface area contributed by atoms with Crippen molar-refractivity contribution >= 4 is 22.8 Å². The standard InChI is InChI=1S/C22H19F4NO4/c1-4-7-31-22(30)10(2)17-11(3)27(16-9-15(25)20(28)19(26)18(16)17)21(29)12-5-6-13(23)14(24)8-12/h5-6,8-10,28H,4,7H2,1-3H3/t10-/m1/s1. The summed E-state index contributed by atoms with van der Waals surface area (Å²) in [7, 11) is 0. The van der Waals surface area contributed by atoms with E-state index in [1.165, 1.54) is 13.8 Å². The second-order valence-electron chi connectivity index (χ2n) is 7.07. The van der Waals surface area contributed by atoms with Crippen molar-refractivity contribution in [2.45, 2.75) is 33.1 Å². The molecule has 1 N–H and O–H groups in total. The average Bonchev–Trinajstić information content (AvgIpc) is 3.02. The van der Waals surface area contributed by atoms with E-state index in [2.05, 4.69) is 0 Å². The molecule has 0 amide bonds. The highest BCUT2D eigenvalue weighted by molar-refractivity contribution is 6.05. The molecule has 0 radical (unpaired) electrons. The summed E-state index contributed by atoms with van der Waals surface area (Å²) in [5.41, 5.74) is -0.472. The van der Waals surface area contributed by atoms with Crippen LogP contribution in [0, 0.1) is 30.2 Å². The van der Waals surface area contributed by atoms with E-state index in [0.717, 1.165) is 22.8 Å². The molecule has 31 heavy (non-hydrogen) atoms. The topological polar surface area (TPSA) is 68.5 Å². The molecule has 1 aromatic heterocycles. The number of nitrogens with zero attached hydrogens (tertiary/aromatic N) is 1. The fraction of sp³-hybridized carbons (Fsp3) is 0.273. The molecule has 0 aliphatic carbocycles. The van der Waals surface area contributed by atoms with Crippen LogP contribution in [0.1, 0.15) is 47.8 Å². The van der Waals surface area contributed by atoms with Crippen LogP contribution < -0.4 is 0 Å². The Morgan fingerprint density at radius 1 is 1.10 bits per heavy atom. The number of hydrogen-bond donors (Lipinski definition) is 1. The lowest BCUT2D eigenvalue weighted by atomic mass is 9.97. The Hall–Kier alpha value is -3.36. The first-order valence-corrected chi connectivity index (χ1v) is 9.48. The van der Waals surface area contributed by atoms with Crippen molar-refractivity contribution in [2.24, 2.45) is 0 Å². The van der Waals surface area contributed by atoms with Gasteiger partial charge in [-0.15, -0.1) is 0 Å². The van der Waals surface area contributed by atoms with Crippen LogP contribution in [-0.4, -0.2) is 28.2 Å². The minimum atomic E-state index is -1.35. The normalized spacial score (nSPS) is 12.2. The summed E-state index contributed by atoms with van der Waals surface area (Å²) in [6.07, 6.45) is 0.550. The molecule has 0 fully saturated rings. The van der Waals surface area contributed by atoms with E-state index in [4.69, 9.17) is 4.74 Å². The van der Waals surface area contributed by atoms with Gasteiger partial charge in [0.25, 0.3) is 5.91 Å². The highest BCUT2D eigenvalue weighted by Gasteiger charge is 2.31. The van der Waals surface area contributed by atoms with Gasteiger partial charge in [0.1, 0.15) is 0 Å². The van der Waals surface area contributed by atoms with Crippen molar-refractivity contribution in [1.29, 1.82) is 0 Å². The number of esters is 1. The van der Waals surface area contributed by atoms with Crippen LogP contribution in [0.25, 0.3) is 10.9 Å². The van der Waals surface area contributed by atoms with Crippen molar-refractivity contribution in [2.75, 3.05) is 6.61 Å². The van der Waals surface area contributed by atoms with Crippen LogP contribution in [0.5, 0.6) is 5.75 Å². The minimum Gasteiger partial charge on any atom is -0.503 e. The molecule has 9 heteroatoms. The van der Waals surface area contributed by atoms with E-state index < -0.39 is 46.8 Å². The fourth-order valence-corrected chi connectivity index (χ4v) is 3.51. The molecule has 3 aromatic rings. The predicted octanol–water partition coefficient (Wildman–Crippen LogP) is 4.96. The first-order chi connectivity index (χ1) is 14.6. The zero-order valence-corrected chi connectivity index (χ0v) is 16.9. The minimum absolute atomic E-state index is 0.0137. The summed E-state index contributed by atoms with van der Waals surface area (Å²) in [5.74, 6) is -9.03. The van der Waals surface area contributed by atoms with Crippen LogP contribution in [0.15, 0.2) is 24.3 Å². The van der Waals surface area contributed by atoms with Crippen LogP contribution in [0.4, 0.5) is 17.6 Å². The number of rotatable bonds is 5. The van der Waals surface area contributed by atoms with Gasteiger partial charge in [-0.25, -0.2) is 17.6 Å². The quantitative estimate of drug-likeness (QED) is 0.453. The van der Waals surface area contributed by atoms with Crippen LogP contribution in [0.2, 0.25) is 0 Å². The molecule has 0 unspecified atom stereocenters. The third-order valence-corrected chi connectivity index (χ3v) is 5.01. The summed E-state index contributed by atoms with van der Waals surface area (Å²) in [6.45, 7) is 4.73. The van der Waals surface area contributed by atoms with E-state index in [0.29, 0.717) is 12.5 Å². The Morgan fingerprint density at radius 3 is 2.39 bits per heavy atom. The summed E-state index contributed by atoms with van der Waals surface area (Å²) in [6, 6.07) is 3.18. The maximum atomic E-state index is 14.9. The van der Waals surface area contributed by atoms with Gasteiger partial charge in [0.15, 0.2) is 29.0 Å². The van der Waals surface area contributed by atoms with Crippen LogP contribution in [-0.2, 0) is 9.53 Å². The zero-order chi connectivity index (χ0) is 23.0. The number of aromatic nitrogens is 1. The lowest BCUT2D eigenvalue weighted by Crippen LogP contribution is -2.17. The largest absolute Gasteiger partial charge is 0.503 e. The second-order valence-corrected chi connectivity index (χ2v) is 7.07. The number of carbonyl (C=O) groups excluding carboxylic acids is 2. The van der Waals surface area contributed by atoms with Gasteiger partial charge < -0.3 is 9.84 Å². The first-order valence-electron chi connectivity index (χ1n) is 9.48. The Labute approximate surface area is 174 Å². The average molecular weight is 437 g/mol. The maximum Gasteiger partial charge on any atom is 0.313 e. The molecule has 0 saturated heterocycles. The molecule has 0 spiro atoms.